The Labute approximate surface area is 132 Å². The van der Waals surface area contributed by atoms with E-state index in [-0.39, 0.29) is 12.4 Å². The molecule has 2 rings (SSSR count). The number of benzene rings is 2. The summed E-state index contributed by atoms with van der Waals surface area (Å²) in [6.45, 7) is 4.26. The quantitative estimate of drug-likeness (QED) is 0.731. The number of para-hydroxylation sites is 1. The summed E-state index contributed by atoms with van der Waals surface area (Å²) in [6.07, 6.45) is 0.0228. The largest absolute Gasteiger partial charge is 0.431 e. The Morgan fingerprint density at radius 1 is 1.00 bits per heavy atom. The lowest BCUT2D eigenvalue weighted by Crippen LogP contribution is -2.24. The van der Waals surface area contributed by atoms with Gasteiger partial charge in [-0.2, -0.15) is 0 Å². The first-order valence-corrected chi connectivity index (χ1v) is 9.11. The van der Waals surface area contributed by atoms with Gasteiger partial charge < -0.3 is 9.26 Å². The maximum absolute atomic E-state index is 12.9. The molecule has 1 unspecified atom stereocenters. The van der Waals surface area contributed by atoms with Crippen LogP contribution in [0.4, 0.5) is 0 Å². The van der Waals surface area contributed by atoms with Crippen molar-refractivity contribution in [3.8, 4) is 5.75 Å². The van der Waals surface area contributed by atoms with Crippen LogP contribution in [0.1, 0.15) is 19.4 Å². The molecule has 2 aromatic rings. The van der Waals surface area contributed by atoms with Crippen molar-refractivity contribution in [2.24, 2.45) is 0 Å². The summed E-state index contributed by atoms with van der Waals surface area (Å²) < 4.78 is 24.2. The van der Waals surface area contributed by atoms with E-state index in [0.717, 1.165) is 5.56 Å². The molecule has 0 aromatic heterocycles. The van der Waals surface area contributed by atoms with Gasteiger partial charge in [-0.3, -0.25) is 4.57 Å². The summed E-state index contributed by atoms with van der Waals surface area (Å²) in [5, 5.41) is 3.00. The third-order valence-electron chi connectivity index (χ3n) is 2.82. The maximum Gasteiger partial charge on any atom is 0.342 e. The first-order chi connectivity index (χ1) is 10.6. The van der Waals surface area contributed by atoms with Gasteiger partial charge in [0.2, 0.25) is 0 Å². The highest BCUT2D eigenvalue weighted by molar-refractivity contribution is 7.57. The Bertz CT molecular complexity index is 602. The van der Waals surface area contributed by atoms with Crippen molar-refractivity contribution in [2.45, 2.75) is 26.5 Å². The van der Waals surface area contributed by atoms with Crippen molar-refractivity contribution in [3.63, 3.8) is 0 Å². The lowest BCUT2D eigenvalue weighted by Gasteiger charge is -2.22. The van der Waals surface area contributed by atoms with Crippen LogP contribution in [0.15, 0.2) is 60.7 Å². The van der Waals surface area contributed by atoms with E-state index in [1.165, 1.54) is 0 Å². The number of ether oxygens (including phenoxy) is 1. The summed E-state index contributed by atoms with van der Waals surface area (Å²) >= 11 is 0. The van der Waals surface area contributed by atoms with Gasteiger partial charge in [-0.05, 0) is 31.5 Å². The molecule has 0 heterocycles. The van der Waals surface area contributed by atoms with Crippen molar-refractivity contribution in [3.05, 3.63) is 66.2 Å². The van der Waals surface area contributed by atoms with Crippen LogP contribution in [0.5, 0.6) is 5.75 Å². The summed E-state index contributed by atoms with van der Waals surface area (Å²) in [6, 6.07) is 19.0. The topological polar surface area (TPSA) is 47.6 Å². The number of hydrogen-bond donors (Lipinski definition) is 1. The van der Waals surface area contributed by atoms with Gasteiger partial charge in [0, 0.05) is 6.04 Å². The molecule has 0 saturated carbocycles. The zero-order chi connectivity index (χ0) is 15.8. The van der Waals surface area contributed by atoms with E-state index < -0.39 is 7.52 Å². The summed E-state index contributed by atoms with van der Waals surface area (Å²) in [7, 11) is -3.11. The maximum atomic E-state index is 12.9. The average molecular weight is 319 g/mol. The number of nitrogens with one attached hydrogen (secondary N) is 1. The normalized spacial score (nSPS) is 13.8. The van der Waals surface area contributed by atoms with Crippen molar-refractivity contribution in [1.29, 1.82) is 0 Å². The lowest BCUT2D eigenvalue weighted by atomic mass is 10.2. The summed E-state index contributed by atoms with van der Waals surface area (Å²) in [5.74, 6) is 0.572. The number of hydrogen-bond acceptors (Lipinski definition) is 3. The van der Waals surface area contributed by atoms with E-state index in [4.69, 9.17) is 9.26 Å². The minimum absolute atomic E-state index is 0.0228. The van der Waals surface area contributed by atoms with Crippen molar-refractivity contribution < 1.29 is 13.8 Å². The molecule has 5 heteroatoms. The Morgan fingerprint density at radius 2 is 1.59 bits per heavy atom. The zero-order valence-corrected chi connectivity index (χ0v) is 13.8. The lowest BCUT2D eigenvalue weighted by molar-refractivity contribution is 0.154. The molecule has 1 atom stereocenters. The second-order valence-electron chi connectivity index (χ2n) is 5.32. The van der Waals surface area contributed by atoms with Crippen LogP contribution < -0.4 is 9.61 Å². The molecule has 0 saturated heterocycles. The van der Waals surface area contributed by atoms with Gasteiger partial charge in [0.25, 0.3) is 0 Å². The highest BCUT2D eigenvalue weighted by atomic mass is 31.2. The fourth-order valence-electron chi connectivity index (χ4n) is 1.99. The fourth-order valence-corrected chi connectivity index (χ4v) is 3.75. The van der Waals surface area contributed by atoms with Crippen LogP contribution in [0.2, 0.25) is 0 Å². The molecule has 0 aliphatic carbocycles. The first-order valence-electron chi connectivity index (χ1n) is 7.30. The van der Waals surface area contributed by atoms with E-state index in [1.807, 2.05) is 62.4 Å². The molecule has 0 spiro atoms. The monoisotopic (exact) mass is 319 g/mol. The minimum Gasteiger partial charge on any atom is -0.431 e. The van der Waals surface area contributed by atoms with Crippen LogP contribution in [-0.2, 0) is 15.9 Å². The van der Waals surface area contributed by atoms with E-state index in [2.05, 4.69) is 5.09 Å². The Morgan fingerprint density at radius 3 is 2.18 bits per heavy atom. The highest BCUT2D eigenvalue weighted by Crippen LogP contribution is 2.43. The SMILES string of the molecule is CC(C)NP(=O)(COCc1ccccc1)Oc1ccccc1. The summed E-state index contributed by atoms with van der Waals surface area (Å²) in [4.78, 5) is 0. The summed E-state index contributed by atoms with van der Waals surface area (Å²) in [5.41, 5.74) is 1.04. The fraction of sp³-hybridized carbons (Fsp3) is 0.294. The number of rotatable bonds is 8. The van der Waals surface area contributed by atoms with E-state index in [9.17, 15) is 4.57 Å². The zero-order valence-electron chi connectivity index (χ0n) is 12.9. The van der Waals surface area contributed by atoms with Crippen molar-refractivity contribution in [1.82, 2.24) is 5.09 Å². The molecular formula is C17H22NO3P. The molecule has 1 N–H and O–H groups in total. The molecule has 0 aliphatic heterocycles. The van der Waals surface area contributed by atoms with Gasteiger partial charge in [-0.1, -0.05) is 48.5 Å². The van der Waals surface area contributed by atoms with Crippen LogP contribution in [-0.4, -0.2) is 12.4 Å². The second kappa shape index (κ2) is 8.14. The highest BCUT2D eigenvalue weighted by Gasteiger charge is 2.26. The molecule has 0 bridgehead atoms. The Kier molecular flexibility index (Phi) is 6.20. The molecule has 0 amide bonds. The van der Waals surface area contributed by atoms with Crippen molar-refractivity contribution in [2.75, 3.05) is 6.35 Å². The van der Waals surface area contributed by atoms with Crippen LogP contribution in [0, 0.1) is 0 Å². The second-order valence-corrected chi connectivity index (χ2v) is 7.37. The van der Waals surface area contributed by atoms with Crippen molar-refractivity contribution >= 4 is 7.52 Å². The van der Waals surface area contributed by atoms with Gasteiger partial charge >= 0.3 is 7.52 Å². The first kappa shape index (κ1) is 16.8. The standard InChI is InChI=1S/C17H22NO3P/c1-15(2)18-22(19,21-17-11-7-4-8-12-17)14-20-13-16-9-5-3-6-10-16/h3-12,15H,13-14H2,1-2H3,(H,18,19). The van der Waals surface area contributed by atoms with Gasteiger partial charge in [0.05, 0.1) is 6.61 Å². The molecule has 4 nitrogen and oxygen atoms in total. The molecular weight excluding hydrogens is 297 g/mol. The third kappa shape index (κ3) is 5.64. The third-order valence-corrected chi connectivity index (χ3v) is 4.76. The Hall–Kier alpha value is -1.61. The predicted molar refractivity (Wildman–Crippen MR) is 89.0 cm³/mol. The molecule has 0 fully saturated rings. The molecule has 0 radical (unpaired) electrons. The van der Waals surface area contributed by atoms with Gasteiger partial charge in [0.1, 0.15) is 12.1 Å². The van der Waals surface area contributed by atoms with E-state index in [1.54, 1.807) is 12.1 Å². The smallest absolute Gasteiger partial charge is 0.342 e. The van der Waals surface area contributed by atoms with Gasteiger partial charge in [-0.15, -0.1) is 0 Å². The van der Waals surface area contributed by atoms with E-state index >= 15 is 0 Å². The molecule has 2 aromatic carbocycles. The molecule has 118 valence electrons. The van der Waals surface area contributed by atoms with Gasteiger partial charge in [-0.25, -0.2) is 5.09 Å². The Balaban J connectivity index is 1.97. The minimum atomic E-state index is -3.11. The molecule has 0 aliphatic rings. The predicted octanol–water partition coefficient (Wildman–Crippen LogP) is 4.43. The average Bonchev–Trinajstić information content (AvgIpc) is 2.48. The molecule has 22 heavy (non-hydrogen) atoms. The van der Waals surface area contributed by atoms with Gasteiger partial charge in [0.15, 0.2) is 0 Å². The van der Waals surface area contributed by atoms with Crippen LogP contribution >= 0.6 is 7.52 Å². The van der Waals surface area contributed by atoms with Crippen LogP contribution in [0.3, 0.4) is 0 Å². The van der Waals surface area contributed by atoms with E-state index in [0.29, 0.717) is 12.4 Å². The van der Waals surface area contributed by atoms with Crippen LogP contribution in [0.25, 0.3) is 0 Å².